The van der Waals surface area contributed by atoms with Crippen LogP contribution in [-0.4, -0.2) is 16.6 Å². The van der Waals surface area contributed by atoms with Gasteiger partial charge in [-0.1, -0.05) is 32.6 Å². The predicted molar refractivity (Wildman–Crippen MR) is 83.0 cm³/mol. The Bertz CT molecular complexity index is 516. The van der Waals surface area contributed by atoms with E-state index in [-0.39, 0.29) is 11.2 Å². The number of nitrogens with one attached hydrogen (secondary N) is 1. The molecule has 6 heteroatoms. The fourth-order valence-corrected chi connectivity index (χ4v) is 3.13. The lowest BCUT2D eigenvalue weighted by atomic mass is 9.79. The highest BCUT2D eigenvalue weighted by molar-refractivity contribution is 5.71. The van der Waals surface area contributed by atoms with Gasteiger partial charge >= 0.3 is 6.09 Å². The van der Waals surface area contributed by atoms with Gasteiger partial charge in [0, 0.05) is 17.7 Å². The van der Waals surface area contributed by atoms with Gasteiger partial charge in [0.05, 0.1) is 4.92 Å². The molecular formula is C16H22N2O4. The van der Waals surface area contributed by atoms with Gasteiger partial charge in [0.15, 0.2) is 0 Å². The van der Waals surface area contributed by atoms with E-state index in [4.69, 9.17) is 4.74 Å². The summed E-state index contributed by atoms with van der Waals surface area (Å²) < 4.78 is 5.25. The Morgan fingerprint density at radius 2 is 1.91 bits per heavy atom. The van der Waals surface area contributed by atoms with Crippen LogP contribution in [0.15, 0.2) is 24.3 Å². The van der Waals surface area contributed by atoms with Crippen molar-refractivity contribution in [2.75, 3.05) is 0 Å². The van der Waals surface area contributed by atoms with Gasteiger partial charge in [-0.3, -0.25) is 10.1 Å². The summed E-state index contributed by atoms with van der Waals surface area (Å²) in [5.74, 6) is 0.311. The lowest BCUT2D eigenvalue weighted by molar-refractivity contribution is -0.384. The highest BCUT2D eigenvalue weighted by atomic mass is 16.6. The van der Waals surface area contributed by atoms with Crippen LogP contribution in [-0.2, 0) is 0 Å². The number of nitro groups is 1. The molecule has 1 saturated carbocycles. The van der Waals surface area contributed by atoms with E-state index in [1.165, 1.54) is 30.7 Å². The van der Waals surface area contributed by atoms with Crippen molar-refractivity contribution < 1.29 is 14.5 Å². The summed E-state index contributed by atoms with van der Waals surface area (Å²) in [6.07, 6.45) is 6.90. The predicted octanol–water partition coefficient (Wildman–Crippen LogP) is 4.19. The van der Waals surface area contributed by atoms with Gasteiger partial charge in [-0.2, -0.15) is 0 Å². The molecule has 0 spiro atoms. The molecule has 1 aromatic rings. The number of carbonyl (C=O) groups excluding carboxylic acids is 1. The monoisotopic (exact) mass is 306 g/mol. The summed E-state index contributed by atoms with van der Waals surface area (Å²) in [4.78, 5) is 22.2. The molecule has 1 aromatic carbocycles. The Kier molecular flexibility index (Phi) is 5.35. The smallest absolute Gasteiger partial charge is 0.410 e. The topological polar surface area (TPSA) is 81.5 Å². The second-order valence-corrected chi connectivity index (χ2v) is 5.86. The van der Waals surface area contributed by atoms with E-state index in [1.54, 1.807) is 0 Å². The number of ether oxygens (including phenoxy) is 1. The fourth-order valence-electron chi connectivity index (χ4n) is 3.13. The molecule has 1 fully saturated rings. The van der Waals surface area contributed by atoms with E-state index in [0.29, 0.717) is 5.75 Å². The van der Waals surface area contributed by atoms with Gasteiger partial charge in [-0.05, 0) is 31.4 Å². The Labute approximate surface area is 130 Å². The first-order valence-corrected chi connectivity index (χ1v) is 7.79. The van der Waals surface area contributed by atoms with E-state index in [9.17, 15) is 14.9 Å². The zero-order valence-electron chi connectivity index (χ0n) is 12.8. The SMILES string of the molecule is CCCC1(NC(=O)Oc2ccc([N+](=O)[O-])cc2)CCCCC1. The van der Waals surface area contributed by atoms with Crippen molar-refractivity contribution in [3.8, 4) is 5.75 Å². The van der Waals surface area contributed by atoms with Gasteiger partial charge in [-0.25, -0.2) is 4.79 Å². The van der Waals surface area contributed by atoms with Crippen molar-refractivity contribution in [1.82, 2.24) is 5.32 Å². The minimum Gasteiger partial charge on any atom is -0.410 e. The summed E-state index contributed by atoms with van der Waals surface area (Å²) in [6, 6.07) is 5.52. The zero-order chi connectivity index (χ0) is 16.0. The molecule has 0 bridgehead atoms. The van der Waals surface area contributed by atoms with E-state index >= 15 is 0 Å². The number of nitrogens with zero attached hydrogens (tertiary/aromatic N) is 1. The van der Waals surface area contributed by atoms with Gasteiger partial charge in [0.1, 0.15) is 5.75 Å². The summed E-state index contributed by atoms with van der Waals surface area (Å²) >= 11 is 0. The normalized spacial score (nSPS) is 16.8. The summed E-state index contributed by atoms with van der Waals surface area (Å²) in [5, 5.41) is 13.6. The van der Waals surface area contributed by atoms with E-state index in [1.807, 2.05) is 0 Å². The van der Waals surface area contributed by atoms with Crippen molar-refractivity contribution in [3.63, 3.8) is 0 Å². The molecule has 0 heterocycles. The Hall–Kier alpha value is -2.11. The summed E-state index contributed by atoms with van der Waals surface area (Å²) in [7, 11) is 0. The molecule has 1 amide bonds. The average Bonchev–Trinajstić information content (AvgIpc) is 2.48. The van der Waals surface area contributed by atoms with Crippen LogP contribution < -0.4 is 10.1 Å². The molecule has 2 rings (SSSR count). The number of hydrogen-bond acceptors (Lipinski definition) is 4. The second kappa shape index (κ2) is 7.24. The van der Waals surface area contributed by atoms with Crippen LogP contribution in [0.3, 0.4) is 0 Å². The third-order valence-corrected chi connectivity index (χ3v) is 4.16. The fraction of sp³-hybridized carbons (Fsp3) is 0.562. The van der Waals surface area contributed by atoms with Crippen molar-refractivity contribution in [2.24, 2.45) is 0 Å². The Morgan fingerprint density at radius 1 is 1.27 bits per heavy atom. The number of non-ortho nitro benzene ring substituents is 1. The maximum absolute atomic E-state index is 12.1. The van der Waals surface area contributed by atoms with Gasteiger partial charge in [0.2, 0.25) is 0 Å². The molecule has 0 atom stereocenters. The molecule has 1 aliphatic rings. The second-order valence-electron chi connectivity index (χ2n) is 5.86. The molecule has 22 heavy (non-hydrogen) atoms. The number of amides is 1. The summed E-state index contributed by atoms with van der Waals surface area (Å²) in [5.41, 5.74) is -0.187. The number of rotatable bonds is 5. The van der Waals surface area contributed by atoms with Crippen LogP contribution in [0.5, 0.6) is 5.75 Å². The maximum Gasteiger partial charge on any atom is 0.413 e. The molecule has 0 aromatic heterocycles. The van der Waals surface area contributed by atoms with Crippen molar-refractivity contribution in [1.29, 1.82) is 0 Å². The number of hydrogen-bond donors (Lipinski definition) is 1. The average molecular weight is 306 g/mol. The lowest BCUT2D eigenvalue weighted by Crippen LogP contribution is -2.50. The highest BCUT2D eigenvalue weighted by Gasteiger charge is 2.33. The van der Waals surface area contributed by atoms with Crippen LogP contribution >= 0.6 is 0 Å². The standard InChI is InChI=1S/C16H22N2O4/c1-2-10-16(11-4-3-5-12-16)17-15(19)22-14-8-6-13(7-9-14)18(20)21/h6-9H,2-5,10-12H2,1H3,(H,17,19). The molecule has 1 aliphatic carbocycles. The number of nitro benzene ring substituents is 1. The largest absolute Gasteiger partial charge is 0.413 e. The minimum absolute atomic E-state index is 0.0255. The first-order chi connectivity index (χ1) is 10.5. The van der Waals surface area contributed by atoms with Crippen molar-refractivity contribution in [3.05, 3.63) is 34.4 Å². The molecule has 0 saturated heterocycles. The minimum atomic E-state index is -0.484. The third kappa shape index (κ3) is 4.19. The molecular weight excluding hydrogens is 284 g/mol. The van der Waals surface area contributed by atoms with Crippen molar-refractivity contribution in [2.45, 2.75) is 57.4 Å². The van der Waals surface area contributed by atoms with E-state index < -0.39 is 11.0 Å². The molecule has 6 nitrogen and oxygen atoms in total. The lowest BCUT2D eigenvalue weighted by Gasteiger charge is -2.37. The maximum atomic E-state index is 12.1. The summed E-state index contributed by atoms with van der Waals surface area (Å²) in [6.45, 7) is 2.11. The molecule has 120 valence electrons. The van der Waals surface area contributed by atoms with Gasteiger partial charge < -0.3 is 10.1 Å². The van der Waals surface area contributed by atoms with Crippen LogP contribution in [0, 0.1) is 10.1 Å². The van der Waals surface area contributed by atoms with Crippen LogP contribution in [0.1, 0.15) is 51.9 Å². The molecule has 1 N–H and O–H groups in total. The molecule has 0 unspecified atom stereocenters. The van der Waals surface area contributed by atoms with Gasteiger partial charge in [0.25, 0.3) is 5.69 Å². The van der Waals surface area contributed by atoms with Crippen LogP contribution in [0.4, 0.5) is 10.5 Å². The number of benzene rings is 1. The molecule has 0 aliphatic heterocycles. The zero-order valence-corrected chi connectivity index (χ0v) is 12.8. The van der Waals surface area contributed by atoms with Crippen LogP contribution in [0.25, 0.3) is 0 Å². The van der Waals surface area contributed by atoms with E-state index in [2.05, 4.69) is 12.2 Å². The van der Waals surface area contributed by atoms with E-state index in [0.717, 1.165) is 38.5 Å². The Morgan fingerprint density at radius 3 is 2.45 bits per heavy atom. The van der Waals surface area contributed by atoms with Crippen molar-refractivity contribution >= 4 is 11.8 Å². The third-order valence-electron chi connectivity index (χ3n) is 4.16. The first-order valence-electron chi connectivity index (χ1n) is 7.79. The Balaban J connectivity index is 1.97. The van der Waals surface area contributed by atoms with Gasteiger partial charge in [-0.15, -0.1) is 0 Å². The first kappa shape index (κ1) is 16.3. The molecule has 0 radical (unpaired) electrons. The quantitative estimate of drug-likeness (QED) is 0.653. The highest BCUT2D eigenvalue weighted by Crippen LogP contribution is 2.32. The number of carbonyl (C=O) groups is 1. The van der Waals surface area contributed by atoms with Crippen LogP contribution in [0.2, 0.25) is 0 Å².